The van der Waals surface area contributed by atoms with Crippen molar-refractivity contribution in [3.05, 3.63) is 30.6 Å². The summed E-state index contributed by atoms with van der Waals surface area (Å²) < 4.78 is 1.74. The molecular weight excluding hydrogens is 166 g/mol. The van der Waals surface area contributed by atoms with Crippen LogP contribution in [0.25, 0.3) is 5.52 Å². The lowest BCUT2D eigenvalue weighted by Gasteiger charge is -2.01. The summed E-state index contributed by atoms with van der Waals surface area (Å²) in [7, 11) is 0. The maximum absolute atomic E-state index is 10.8. The smallest absolute Gasteiger partial charge is 0.221 e. The summed E-state index contributed by atoms with van der Waals surface area (Å²) in [6.45, 7) is 1.49. The van der Waals surface area contributed by atoms with Crippen molar-refractivity contribution in [1.82, 2.24) is 9.61 Å². The molecule has 0 spiro atoms. The van der Waals surface area contributed by atoms with E-state index in [9.17, 15) is 4.79 Å². The Kier molecular flexibility index (Phi) is 1.73. The molecule has 0 radical (unpaired) electrons. The summed E-state index contributed by atoms with van der Waals surface area (Å²) in [6.07, 6.45) is 3.52. The minimum Gasteiger partial charge on any atom is -0.326 e. The van der Waals surface area contributed by atoms with Crippen LogP contribution in [0.1, 0.15) is 6.92 Å². The molecule has 0 aromatic carbocycles. The van der Waals surface area contributed by atoms with Crippen LogP contribution in [-0.4, -0.2) is 15.5 Å². The summed E-state index contributed by atoms with van der Waals surface area (Å²) in [6, 6.07) is 5.56. The quantitative estimate of drug-likeness (QED) is 0.709. The first kappa shape index (κ1) is 7.79. The maximum atomic E-state index is 10.8. The van der Waals surface area contributed by atoms with E-state index in [4.69, 9.17) is 0 Å². The Morgan fingerprint density at radius 2 is 2.38 bits per heavy atom. The molecule has 2 rings (SSSR count). The van der Waals surface area contributed by atoms with Gasteiger partial charge in [-0.2, -0.15) is 5.10 Å². The van der Waals surface area contributed by atoms with E-state index in [1.807, 2.05) is 12.1 Å². The number of nitrogens with zero attached hydrogens (tertiary/aromatic N) is 2. The molecule has 0 aliphatic heterocycles. The van der Waals surface area contributed by atoms with Crippen molar-refractivity contribution in [3.63, 3.8) is 0 Å². The van der Waals surface area contributed by atoms with Gasteiger partial charge in [0.15, 0.2) is 0 Å². The number of pyridine rings is 1. The standard InChI is InChI=1S/C9H9N3O/c1-7(13)11-8-3-5-12-9(6-8)2-4-10-12/h2-6H,1H3,(H,11,13). The lowest BCUT2D eigenvalue weighted by Crippen LogP contribution is -2.05. The number of hydrogen-bond donors (Lipinski definition) is 1. The van der Waals surface area contributed by atoms with Crippen LogP contribution in [0.3, 0.4) is 0 Å². The predicted octanol–water partition coefficient (Wildman–Crippen LogP) is 1.29. The molecule has 0 saturated carbocycles. The lowest BCUT2D eigenvalue weighted by molar-refractivity contribution is -0.114. The van der Waals surface area contributed by atoms with Crippen LogP contribution in [0.15, 0.2) is 30.6 Å². The van der Waals surface area contributed by atoms with Crippen molar-refractivity contribution in [2.45, 2.75) is 6.92 Å². The first-order valence-electron chi connectivity index (χ1n) is 3.97. The molecule has 2 aromatic heterocycles. The second kappa shape index (κ2) is 2.90. The lowest BCUT2D eigenvalue weighted by atomic mass is 10.3. The van der Waals surface area contributed by atoms with E-state index < -0.39 is 0 Å². The normalized spacial score (nSPS) is 10.2. The average molecular weight is 175 g/mol. The molecule has 0 aliphatic rings. The topological polar surface area (TPSA) is 46.4 Å². The molecule has 0 fully saturated rings. The van der Waals surface area contributed by atoms with Crippen molar-refractivity contribution in [2.24, 2.45) is 0 Å². The summed E-state index contributed by atoms with van der Waals surface area (Å²) in [5.41, 5.74) is 1.76. The Labute approximate surface area is 75.2 Å². The van der Waals surface area contributed by atoms with Gasteiger partial charge in [-0.15, -0.1) is 0 Å². The number of carbonyl (C=O) groups excluding carboxylic acids is 1. The second-order valence-electron chi connectivity index (χ2n) is 2.80. The number of rotatable bonds is 1. The van der Waals surface area contributed by atoms with E-state index in [1.54, 1.807) is 23.0 Å². The number of fused-ring (bicyclic) bond motifs is 1. The van der Waals surface area contributed by atoms with Crippen molar-refractivity contribution in [1.29, 1.82) is 0 Å². The van der Waals surface area contributed by atoms with Crippen LogP contribution in [0.4, 0.5) is 5.69 Å². The first-order valence-corrected chi connectivity index (χ1v) is 3.97. The van der Waals surface area contributed by atoms with E-state index >= 15 is 0 Å². The molecule has 0 aliphatic carbocycles. The van der Waals surface area contributed by atoms with Crippen molar-refractivity contribution < 1.29 is 4.79 Å². The first-order chi connectivity index (χ1) is 6.25. The minimum absolute atomic E-state index is 0.0659. The van der Waals surface area contributed by atoms with Crippen LogP contribution >= 0.6 is 0 Å². The molecule has 1 amide bonds. The van der Waals surface area contributed by atoms with Gasteiger partial charge in [0.25, 0.3) is 0 Å². The zero-order valence-electron chi connectivity index (χ0n) is 7.19. The average Bonchev–Trinajstić information content (AvgIpc) is 2.49. The number of anilines is 1. The van der Waals surface area contributed by atoms with Crippen LogP contribution in [0.5, 0.6) is 0 Å². The van der Waals surface area contributed by atoms with E-state index in [-0.39, 0.29) is 5.91 Å². The largest absolute Gasteiger partial charge is 0.326 e. The Morgan fingerprint density at radius 3 is 3.15 bits per heavy atom. The zero-order valence-corrected chi connectivity index (χ0v) is 7.19. The van der Waals surface area contributed by atoms with Crippen molar-refractivity contribution >= 4 is 17.1 Å². The zero-order chi connectivity index (χ0) is 9.26. The van der Waals surface area contributed by atoms with Crippen LogP contribution in [0.2, 0.25) is 0 Å². The van der Waals surface area contributed by atoms with Crippen LogP contribution < -0.4 is 5.32 Å². The molecule has 0 saturated heterocycles. The SMILES string of the molecule is CC(=O)Nc1ccn2nccc2c1. The summed E-state index contributed by atoms with van der Waals surface area (Å²) in [4.78, 5) is 10.8. The predicted molar refractivity (Wildman–Crippen MR) is 49.5 cm³/mol. The molecular formula is C9H9N3O. The molecule has 4 nitrogen and oxygen atoms in total. The van der Waals surface area contributed by atoms with Gasteiger partial charge in [-0.1, -0.05) is 0 Å². The Balaban J connectivity index is 2.42. The van der Waals surface area contributed by atoms with Crippen LogP contribution in [-0.2, 0) is 4.79 Å². The third-order valence-electron chi connectivity index (χ3n) is 1.72. The van der Waals surface area contributed by atoms with Gasteiger partial charge in [0.05, 0.1) is 5.52 Å². The Hall–Kier alpha value is -1.84. The highest BCUT2D eigenvalue weighted by atomic mass is 16.1. The van der Waals surface area contributed by atoms with Crippen molar-refractivity contribution in [2.75, 3.05) is 5.32 Å². The number of carbonyl (C=O) groups is 1. The summed E-state index contributed by atoms with van der Waals surface area (Å²) >= 11 is 0. The second-order valence-corrected chi connectivity index (χ2v) is 2.80. The van der Waals surface area contributed by atoms with Crippen molar-refractivity contribution in [3.8, 4) is 0 Å². The highest BCUT2D eigenvalue weighted by Gasteiger charge is 1.97. The third-order valence-corrected chi connectivity index (χ3v) is 1.72. The summed E-state index contributed by atoms with van der Waals surface area (Å²) in [5, 5.41) is 6.75. The highest BCUT2D eigenvalue weighted by Crippen LogP contribution is 2.10. The van der Waals surface area contributed by atoms with Gasteiger partial charge >= 0.3 is 0 Å². The fraction of sp³-hybridized carbons (Fsp3) is 0.111. The molecule has 13 heavy (non-hydrogen) atoms. The van der Waals surface area contributed by atoms with E-state index in [2.05, 4.69) is 10.4 Å². The fourth-order valence-corrected chi connectivity index (χ4v) is 1.20. The number of amides is 1. The molecule has 2 aromatic rings. The van der Waals surface area contributed by atoms with Gasteiger partial charge in [-0.3, -0.25) is 4.79 Å². The molecule has 1 N–H and O–H groups in total. The molecule has 0 atom stereocenters. The molecule has 0 bridgehead atoms. The van der Waals surface area contributed by atoms with Gasteiger partial charge in [0.2, 0.25) is 5.91 Å². The summed E-state index contributed by atoms with van der Waals surface area (Å²) in [5.74, 6) is -0.0659. The van der Waals surface area contributed by atoms with E-state index in [1.165, 1.54) is 6.92 Å². The number of hydrogen-bond acceptors (Lipinski definition) is 2. The maximum Gasteiger partial charge on any atom is 0.221 e. The number of aromatic nitrogens is 2. The van der Waals surface area contributed by atoms with Gasteiger partial charge in [0, 0.05) is 25.0 Å². The Morgan fingerprint density at radius 1 is 1.54 bits per heavy atom. The highest BCUT2D eigenvalue weighted by molar-refractivity contribution is 5.89. The molecule has 4 heteroatoms. The van der Waals surface area contributed by atoms with Gasteiger partial charge < -0.3 is 5.32 Å². The van der Waals surface area contributed by atoms with Gasteiger partial charge in [-0.25, -0.2) is 4.52 Å². The third kappa shape index (κ3) is 1.51. The van der Waals surface area contributed by atoms with E-state index in [0.717, 1.165) is 11.2 Å². The fourth-order valence-electron chi connectivity index (χ4n) is 1.20. The van der Waals surface area contributed by atoms with Gasteiger partial charge in [0.1, 0.15) is 0 Å². The molecule has 2 heterocycles. The Bertz CT molecular complexity index is 447. The molecule has 66 valence electrons. The van der Waals surface area contributed by atoms with Crippen LogP contribution in [0, 0.1) is 0 Å². The van der Waals surface area contributed by atoms with Gasteiger partial charge in [-0.05, 0) is 18.2 Å². The molecule has 0 unspecified atom stereocenters. The minimum atomic E-state index is -0.0659. The monoisotopic (exact) mass is 175 g/mol. The van der Waals surface area contributed by atoms with E-state index in [0.29, 0.717) is 0 Å². The number of nitrogens with one attached hydrogen (secondary N) is 1.